The zero-order valence-corrected chi connectivity index (χ0v) is 13.3. The fourth-order valence-electron chi connectivity index (χ4n) is 3.71. The third-order valence-corrected chi connectivity index (χ3v) is 5.15. The molecule has 2 fully saturated rings. The number of aliphatic carboxylic acids is 1. The highest BCUT2D eigenvalue weighted by atomic mass is 16.4. The van der Waals surface area contributed by atoms with Crippen LogP contribution in [0.4, 0.5) is 4.79 Å². The number of nitrogens with zero attached hydrogens (tertiary/aromatic N) is 1. The molecule has 5 heteroatoms. The molecule has 1 saturated carbocycles. The van der Waals surface area contributed by atoms with Crippen LogP contribution in [0.5, 0.6) is 0 Å². The molecule has 0 radical (unpaired) electrons. The quantitative estimate of drug-likeness (QED) is 0.901. The zero-order chi connectivity index (χ0) is 16.2. The van der Waals surface area contributed by atoms with Crippen molar-refractivity contribution in [2.75, 3.05) is 13.1 Å². The first-order chi connectivity index (χ1) is 11.1. The van der Waals surface area contributed by atoms with Gasteiger partial charge < -0.3 is 15.3 Å². The molecule has 1 aliphatic carbocycles. The molecule has 2 amide bonds. The van der Waals surface area contributed by atoms with E-state index in [9.17, 15) is 9.59 Å². The molecule has 1 saturated heterocycles. The van der Waals surface area contributed by atoms with E-state index in [-0.39, 0.29) is 12.1 Å². The highest BCUT2D eigenvalue weighted by Gasteiger charge is 2.32. The maximum atomic E-state index is 12.3. The molecule has 1 heterocycles. The predicted octanol–water partition coefficient (Wildman–Crippen LogP) is 2.83. The number of likely N-dealkylation sites (tertiary alicyclic amines) is 1. The van der Waals surface area contributed by atoms with E-state index in [4.69, 9.17) is 5.11 Å². The maximum absolute atomic E-state index is 12.3. The first-order valence-corrected chi connectivity index (χ1v) is 8.46. The fourth-order valence-corrected chi connectivity index (χ4v) is 3.71. The number of rotatable bonds is 3. The second-order valence-corrected chi connectivity index (χ2v) is 6.68. The molecule has 3 rings (SSSR count). The van der Waals surface area contributed by atoms with E-state index in [0.717, 1.165) is 25.7 Å². The van der Waals surface area contributed by atoms with Crippen LogP contribution in [0.2, 0.25) is 0 Å². The molecule has 0 bridgehead atoms. The van der Waals surface area contributed by atoms with Gasteiger partial charge in [0, 0.05) is 19.1 Å². The number of urea groups is 1. The molecule has 0 spiro atoms. The second-order valence-electron chi connectivity index (χ2n) is 6.68. The zero-order valence-electron chi connectivity index (χ0n) is 13.3. The van der Waals surface area contributed by atoms with Crippen LogP contribution >= 0.6 is 0 Å². The Morgan fingerprint density at radius 3 is 2.35 bits per heavy atom. The Kier molecular flexibility index (Phi) is 4.84. The van der Waals surface area contributed by atoms with Gasteiger partial charge in [-0.25, -0.2) is 4.79 Å². The topological polar surface area (TPSA) is 69.6 Å². The summed E-state index contributed by atoms with van der Waals surface area (Å²) in [5.41, 5.74) is 1.39. The lowest BCUT2D eigenvalue weighted by Crippen LogP contribution is -2.45. The predicted molar refractivity (Wildman–Crippen MR) is 87.3 cm³/mol. The van der Waals surface area contributed by atoms with Gasteiger partial charge in [-0.3, -0.25) is 4.79 Å². The smallest absolute Gasteiger partial charge is 0.317 e. The lowest BCUT2D eigenvalue weighted by atomic mass is 9.82. The van der Waals surface area contributed by atoms with E-state index in [2.05, 4.69) is 29.6 Å². The van der Waals surface area contributed by atoms with E-state index < -0.39 is 11.9 Å². The largest absolute Gasteiger partial charge is 0.481 e. The van der Waals surface area contributed by atoms with Gasteiger partial charge in [0.1, 0.15) is 0 Å². The Morgan fingerprint density at radius 1 is 1.04 bits per heavy atom. The summed E-state index contributed by atoms with van der Waals surface area (Å²) < 4.78 is 0. The van der Waals surface area contributed by atoms with Crippen LogP contribution in [-0.2, 0) is 4.79 Å². The summed E-state index contributed by atoms with van der Waals surface area (Å²) in [5, 5.41) is 12.1. The molecule has 23 heavy (non-hydrogen) atoms. The van der Waals surface area contributed by atoms with Crippen LogP contribution in [0.25, 0.3) is 0 Å². The molecule has 5 nitrogen and oxygen atoms in total. The maximum Gasteiger partial charge on any atom is 0.317 e. The first-order valence-electron chi connectivity index (χ1n) is 8.46. The van der Waals surface area contributed by atoms with Gasteiger partial charge >= 0.3 is 12.0 Å². The van der Waals surface area contributed by atoms with Gasteiger partial charge in [-0.05, 0) is 43.6 Å². The summed E-state index contributed by atoms with van der Waals surface area (Å²) in [6.45, 7) is 0.878. The Hall–Kier alpha value is -2.04. The molecule has 124 valence electrons. The number of carbonyl (C=O) groups excluding carboxylic acids is 1. The van der Waals surface area contributed by atoms with Gasteiger partial charge in [-0.1, -0.05) is 30.3 Å². The summed E-state index contributed by atoms with van der Waals surface area (Å²) >= 11 is 0. The fraction of sp³-hybridized carbons (Fsp3) is 0.556. The highest BCUT2D eigenvalue weighted by Crippen LogP contribution is 2.32. The number of benzene rings is 1. The van der Waals surface area contributed by atoms with Gasteiger partial charge in [0.05, 0.1) is 5.92 Å². The number of carboxylic acid groups (broad SMARTS) is 1. The number of hydrogen-bond acceptors (Lipinski definition) is 2. The monoisotopic (exact) mass is 316 g/mol. The Morgan fingerprint density at radius 2 is 1.74 bits per heavy atom. The molecular weight excluding hydrogens is 292 g/mol. The lowest BCUT2D eigenvalue weighted by molar-refractivity contribution is -0.141. The van der Waals surface area contributed by atoms with Crippen LogP contribution in [-0.4, -0.2) is 41.1 Å². The van der Waals surface area contributed by atoms with Crippen LogP contribution in [0.1, 0.15) is 43.6 Å². The van der Waals surface area contributed by atoms with Crippen molar-refractivity contribution >= 4 is 12.0 Å². The molecule has 2 N–H and O–H groups in total. The van der Waals surface area contributed by atoms with Crippen molar-refractivity contribution < 1.29 is 14.7 Å². The van der Waals surface area contributed by atoms with Gasteiger partial charge in [0.2, 0.25) is 0 Å². The third-order valence-electron chi connectivity index (χ3n) is 5.15. The van der Waals surface area contributed by atoms with E-state index in [1.807, 2.05) is 6.07 Å². The van der Waals surface area contributed by atoms with Crippen molar-refractivity contribution in [1.82, 2.24) is 10.2 Å². The molecule has 1 atom stereocenters. The van der Waals surface area contributed by atoms with Crippen molar-refractivity contribution in [3.63, 3.8) is 0 Å². The summed E-state index contributed by atoms with van der Waals surface area (Å²) in [5.74, 6) is -0.620. The van der Waals surface area contributed by atoms with Gasteiger partial charge in [-0.15, -0.1) is 0 Å². The molecule has 1 aromatic rings. The first kappa shape index (κ1) is 15.8. The number of nitrogens with one attached hydrogen (secondary N) is 1. The van der Waals surface area contributed by atoms with E-state index in [1.54, 1.807) is 4.90 Å². The Labute approximate surface area is 136 Å². The van der Waals surface area contributed by atoms with Crippen LogP contribution in [0, 0.1) is 5.92 Å². The number of carbonyl (C=O) groups is 2. The van der Waals surface area contributed by atoms with Crippen molar-refractivity contribution in [3.05, 3.63) is 35.9 Å². The number of carboxylic acids is 1. The van der Waals surface area contributed by atoms with E-state index in [0.29, 0.717) is 25.4 Å². The minimum Gasteiger partial charge on any atom is -0.481 e. The van der Waals surface area contributed by atoms with E-state index >= 15 is 0 Å². The average Bonchev–Trinajstić information content (AvgIpc) is 3.07. The minimum atomic E-state index is -0.802. The lowest BCUT2D eigenvalue weighted by Gasteiger charge is -2.30. The minimum absolute atomic E-state index is 0.100. The SMILES string of the molecule is O=C(O)C1CCN(C(=O)NC2CCC(c3ccccc3)CC2)C1. The van der Waals surface area contributed by atoms with Crippen LogP contribution in [0.15, 0.2) is 30.3 Å². The number of amides is 2. The molecule has 1 aliphatic heterocycles. The molecule has 1 aromatic carbocycles. The van der Waals surface area contributed by atoms with Gasteiger partial charge in [0.25, 0.3) is 0 Å². The summed E-state index contributed by atoms with van der Waals surface area (Å²) in [6, 6.07) is 10.7. The third kappa shape index (κ3) is 3.84. The van der Waals surface area contributed by atoms with Gasteiger partial charge in [0.15, 0.2) is 0 Å². The normalized spacial score (nSPS) is 27.7. The van der Waals surface area contributed by atoms with E-state index in [1.165, 1.54) is 5.56 Å². The Balaban J connectivity index is 1.46. The summed E-state index contributed by atoms with van der Waals surface area (Å²) in [7, 11) is 0. The van der Waals surface area contributed by atoms with Crippen LogP contribution in [0.3, 0.4) is 0 Å². The standard InChI is InChI=1S/C18H24N2O3/c21-17(22)15-10-11-20(12-15)18(23)19-16-8-6-14(7-9-16)13-4-2-1-3-5-13/h1-5,14-16H,6-12H2,(H,19,23)(H,21,22). The molecule has 0 aromatic heterocycles. The molecular formula is C18H24N2O3. The number of hydrogen-bond donors (Lipinski definition) is 2. The summed E-state index contributed by atoms with van der Waals surface area (Å²) in [6.07, 6.45) is 4.71. The Bertz CT molecular complexity index is 553. The summed E-state index contributed by atoms with van der Waals surface area (Å²) in [4.78, 5) is 24.9. The highest BCUT2D eigenvalue weighted by molar-refractivity contribution is 5.77. The average molecular weight is 316 g/mol. The van der Waals surface area contributed by atoms with Crippen molar-refractivity contribution in [3.8, 4) is 0 Å². The van der Waals surface area contributed by atoms with Crippen molar-refractivity contribution in [2.24, 2.45) is 5.92 Å². The van der Waals surface area contributed by atoms with Crippen LogP contribution < -0.4 is 5.32 Å². The second kappa shape index (κ2) is 7.02. The van der Waals surface area contributed by atoms with Crippen molar-refractivity contribution in [2.45, 2.75) is 44.1 Å². The van der Waals surface area contributed by atoms with Gasteiger partial charge in [-0.2, -0.15) is 0 Å². The van der Waals surface area contributed by atoms with Crippen molar-refractivity contribution in [1.29, 1.82) is 0 Å². The molecule has 1 unspecified atom stereocenters. The molecule has 2 aliphatic rings.